The Morgan fingerprint density at radius 2 is 1.57 bits per heavy atom. The summed E-state index contributed by atoms with van der Waals surface area (Å²) in [6, 6.07) is 2.17. The van der Waals surface area contributed by atoms with Crippen LogP contribution in [0.15, 0.2) is 58.3 Å². The Kier molecular flexibility index (Phi) is 20.0. The molecule has 2 saturated carbocycles. The fourth-order valence-corrected chi connectivity index (χ4v) is 14.4. The molecule has 1 aromatic heterocycles. The number of carboxylic acid groups (broad SMARTS) is 1. The first-order valence-electron chi connectivity index (χ1n) is 32.1. The first-order chi connectivity index (χ1) is 43.8. The number of halogens is 1. The maximum Gasteiger partial charge on any atom is 0.341 e. The number of phenols is 3. The number of aliphatic hydroxyl groups is 2. The number of ether oxygens (including phenoxy) is 5. The maximum atomic E-state index is 15.3. The summed E-state index contributed by atoms with van der Waals surface area (Å²) in [5.41, 5.74) is -0.448. The van der Waals surface area contributed by atoms with E-state index in [0.717, 1.165) is 51.9 Å². The van der Waals surface area contributed by atoms with Gasteiger partial charge in [0.25, 0.3) is 11.7 Å². The molecule has 92 heavy (non-hydrogen) atoms. The van der Waals surface area contributed by atoms with Crippen LogP contribution < -0.4 is 30.4 Å². The van der Waals surface area contributed by atoms with Crippen molar-refractivity contribution >= 4 is 62.9 Å². The number of piperazine rings is 1. The van der Waals surface area contributed by atoms with E-state index in [1.807, 2.05) is 9.91 Å². The van der Waals surface area contributed by atoms with Gasteiger partial charge in [-0.25, -0.2) is 9.18 Å². The third kappa shape index (κ3) is 13.0. The summed E-state index contributed by atoms with van der Waals surface area (Å²) in [6.07, 6.45) is 15.2. The van der Waals surface area contributed by atoms with E-state index in [4.69, 9.17) is 23.7 Å². The number of carbonyl (C=O) groups is 4. The number of aliphatic hydroxyl groups excluding tert-OH is 2. The zero-order chi connectivity index (χ0) is 66.4. The molecule has 24 heteroatoms. The van der Waals surface area contributed by atoms with Crippen LogP contribution in [-0.4, -0.2) is 177 Å². The number of phenolic OH excluding ortho intramolecular Hbond substituents is 3. The fraction of sp³-hybridized carbons (Fsp3) is 0.559. The lowest BCUT2D eigenvalue weighted by Crippen LogP contribution is -2.47. The average Bonchev–Trinajstić information content (AvgIpc) is 1.47. The number of nitrogens with zero attached hydrogens (tertiary/aromatic N) is 5. The molecule has 23 nitrogen and oxygen atoms in total. The number of anilines is 2. The number of allylic oxidation sites excluding steroid dienone is 2. The van der Waals surface area contributed by atoms with E-state index < -0.39 is 106 Å². The highest BCUT2D eigenvalue weighted by atomic mass is 19.1. The summed E-state index contributed by atoms with van der Waals surface area (Å²) in [7, 11) is 2.92. The highest BCUT2D eigenvalue weighted by molar-refractivity contribution is 6.24. The van der Waals surface area contributed by atoms with Crippen LogP contribution >= 0.6 is 0 Å². The minimum atomic E-state index is -2.04. The number of rotatable bonds is 9. The average molecular weight is 1280 g/mol. The predicted molar refractivity (Wildman–Crippen MR) is 343 cm³/mol. The van der Waals surface area contributed by atoms with Crippen LogP contribution in [-0.2, 0) is 23.8 Å². The summed E-state index contributed by atoms with van der Waals surface area (Å²) in [4.78, 5) is 69.6. The van der Waals surface area contributed by atoms with Crippen molar-refractivity contribution in [3.8, 4) is 28.7 Å². The van der Waals surface area contributed by atoms with Crippen molar-refractivity contribution in [3.63, 3.8) is 0 Å². The third-order valence-electron chi connectivity index (χ3n) is 20.0. The molecular weight excluding hydrogens is 1190 g/mol. The van der Waals surface area contributed by atoms with Crippen LogP contribution in [0.4, 0.5) is 15.8 Å². The normalized spacial score (nSPS) is 29.7. The number of hydrazone groups is 1. The van der Waals surface area contributed by atoms with Crippen LogP contribution in [0.2, 0.25) is 0 Å². The second-order valence-corrected chi connectivity index (χ2v) is 26.1. The van der Waals surface area contributed by atoms with Gasteiger partial charge < -0.3 is 74.4 Å². The molecule has 5 fully saturated rings. The largest absolute Gasteiger partial charge is 0.507 e. The minimum Gasteiger partial charge on any atom is -0.507 e. The molecular formula is C68H88FN7O16. The number of amides is 1. The SMILES string of the molecule is CO[C@H]1/C=C/O[C@@]2(C)Oc3c(C)c(O)c4c(O)c(c(/C=N\N5CCN(C6CCCC6)CC5)c(O)c4c3C2=O)NC(=O)/C(C)=C\C=C\[C@@H](C)[C@H](O)[C@@H](C)[C@H](O)[C@@H](C)[C@H](OC(C)=O)[C@@H]1C.COc1c(N2C[C@@H]3CCCN[C@@H]3C2)c(F)cc2c(=O)c(C(=O)O)cn(C3CC3)c12. The van der Waals surface area contributed by atoms with Crippen molar-refractivity contribution in [2.24, 2.45) is 34.7 Å². The molecule has 11 atom stereocenters. The molecule has 4 aromatic rings. The van der Waals surface area contributed by atoms with Gasteiger partial charge in [0.05, 0.1) is 71.0 Å². The Morgan fingerprint density at radius 1 is 0.859 bits per heavy atom. The standard InChI is InChI=1S/C47H64N4O12.C21H24FN3O4/c1-24-13-12-14-25(2)46(59)49-37-32(23-48-51-20-18-50(19-21-51)31-15-10-11-16-31)41(56)34-35(42(37)57)40(55)29(6)44-36(34)45(58)47(8,63-44)61-22-17-33(60-9)26(3)43(62-30(7)52)28(5)39(54)27(4)38(24)53;1-29-20-17-13(19(26)14(21(27)28)9-25(17)12-4-5-12)7-15(22)18(20)24-8-11-3-2-6-23-16(11)10-24/h12-14,17,22-24,26-28,31,33,38-39,43,53-57H,10-11,15-16,18-21H2,1-9H3,(H,49,59);7,9,11-12,16,23H,2-6,8,10H2,1H3,(H,27,28)/b13-12+,22-17+,25-14-,48-23-;/t24-,26-,27-,28-,33+,38+,39+,43-,47+;11-,16+/m10/s1. The highest BCUT2D eigenvalue weighted by Crippen LogP contribution is 2.55. The van der Waals surface area contributed by atoms with Crippen molar-refractivity contribution in [3.05, 3.63) is 86.7 Å². The first kappa shape index (κ1) is 67.1. The monoisotopic (exact) mass is 1280 g/mol. The van der Waals surface area contributed by atoms with Gasteiger partial charge in [-0.15, -0.1) is 0 Å². The molecule has 7 heterocycles. The molecule has 2 aliphatic carbocycles. The van der Waals surface area contributed by atoms with Crippen molar-refractivity contribution in [1.29, 1.82) is 0 Å². The van der Waals surface area contributed by atoms with Gasteiger partial charge in [-0.2, -0.15) is 5.10 Å². The Hall–Kier alpha value is -7.77. The van der Waals surface area contributed by atoms with Crippen molar-refractivity contribution in [2.45, 2.75) is 155 Å². The number of Topliss-reactive ketones (excluding diaryl/α,β-unsaturated/α-hetero) is 1. The van der Waals surface area contributed by atoms with Gasteiger partial charge in [0, 0.05) is 125 Å². The van der Waals surface area contributed by atoms with Gasteiger partial charge in [0.2, 0.25) is 5.43 Å². The number of piperidine rings is 1. The Labute approximate surface area is 534 Å². The van der Waals surface area contributed by atoms with Crippen molar-refractivity contribution in [2.75, 3.05) is 70.2 Å². The van der Waals surface area contributed by atoms with E-state index in [1.165, 1.54) is 104 Å². The molecule has 0 unspecified atom stereocenters. The Morgan fingerprint density at radius 3 is 2.21 bits per heavy atom. The molecule has 5 bridgehead atoms. The zero-order valence-electron chi connectivity index (χ0n) is 54.0. The van der Waals surface area contributed by atoms with Crippen LogP contribution in [0.3, 0.4) is 0 Å². The van der Waals surface area contributed by atoms with E-state index in [9.17, 15) is 54.6 Å². The fourth-order valence-electron chi connectivity index (χ4n) is 14.4. The smallest absolute Gasteiger partial charge is 0.341 e. The quantitative estimate of drug-likeness (QED) is 0.0340. The van der Waals surface area contributed by atoms with E-state index in [-0.39, 0.29) is 61.5 Å². The first-order valence-corrected chi connectivity index (χ1v) is 32.1. The number of aromatic hydroxyl groups is 3. The lowest BCUT2D eigenvalue weighted by atomic mass is 9.78. The number of carboxylic acids is 1. The molecule has 1 amide bonds. The van der Waals surface area contributed by atoms with Crippen LogP contribution in [0, 0.1) is 42.3 Å². The summed E-state index contributed by atoms with van der Waals surface area (Å²) in [6.45, 7) is 17.8. The van der Waals surface area contributed by atoms with E-state index in [1.54, 1.807) is 44.4 Å². The second-order valence-electron chi connectivity index (χ2n) is 26.1. The number of fused-ring (bicyclic) bond motifs is 16. The van der Waals surface area contributed by atoms with Crippen LogP contribution in [0.1, 0.15) is 138 Å². The number of esters is 1. The number of nitrogens with one attached hydrogen (secondary N) is 2. The van der Waals surface area contributed by atoms with E-state index in [0.29, 0.717) is 54.6 Å². The number of hydrogen-bond donors (Lipinski definition) is 8. The maximum absolute atomic E-state index is 15.3. The van der Waals surface area contributed by atoms with Gasteiger partial charge in [0.15, 0.2) is 17.3 Å². The van der Waals surface area contributed by atoms with Gasteiger partial charge in [-0.3, -0.25) is 29.1 Å². The predicted octanol–water partition coefficient (Wildman–Crippen LogP) is 8.02. The Balaban J connectivity index is 0.000000263. The topological polar surface area (TPSA) is 304 Å². The Bertz CT molecular complexity index is 3690. The number of aromatic carboxylic acids is 1. The lowest BCUT2D eigenvalue weighted by molar-refractivity contribution is -0.160. The summed E-state index contributed by atoms with van der Waals surface area (Å²) >= 11 is 0. The summed E-state index contributed by atoms with van der Waals surface area (Å²) in [5.74, 6) is -9.35. The number of pyridine rings is 1. The highest BCUT2D eigenvalue weighted by Gasteiger charge is 2.50. The third-order valence-corrected chi connectivity index (χ3v) is 20.0. The van der Waals surface area contributed by atoms with Crippen molar-refractivity contribution in [1.82, 2.24) is 19.8 Å². The number of aromatic nitrogens is 1. The van der Waals surface area contributed by atoms with Gasteiger partial charge >= 0.3 is 17.7 Å². The molecule has 8 aliphatic rings. The van der Waals surface area contributed by atoms with Gasteiger partial charge in [0.1, 0.15) is 34.6 Å². The van der Waals surface area contributed by atoms with Crippen LogP contribution in [0.25, 0.3) is 21.7 Å². The molecule has 8 N–H and O–H groups in total. The molecule has 6 aliphatic heterocycles. The zero-order valence-corrected chi connectivity index (χ0v) is 54.0. The summed E-state index contributed by atoms with van der Waals surface area (Å²) < 4.78 is 46.5. The second kappa shape index (κ2) is 27.4. The number of hydrogen-bond acceptors (Lipinski definition) is 20. The number of carbonyl (C=O) groups excluding carboxylic acids is 3. The summed E-state index contributed by atoms with van der Waals surface area (Å²) in [5, 5.41) is 80.6. The molecule has 3 saturated heterocycles. The number of methoxy groups -OCH3 is 2. The van der Waals surface area contributed by atoms with Gasteiger partial charge in [-0.1, -0.05) is 58.8 Å². The van der Waals surface area contributed by atoms with Gasteiger partial charge in [-0.05, 0) is 77.0 Å². The number of ketones is 1. The van der Waals surface area contributed by atoms with E-state index in [2.05, 4.69) is 20.6 Å². The number of benzene rings is 3. The lowest BCUT2D eigenvalue weighted by Gasteiger charge is -2.38. The minimum absolute atomic E-state index is 0.0599. The van der Waals surface area contributed by atoms with Crippen LogP contribution in [0.5, 0.6) is 28.7 Å². The molecule has 498 valence electrons. The molecule has 12 rings (SSSR count). The molecule has 0 radical (unpaired) electrons. The molecule has 3 aromatic carbocycles. The van der Waals surface area contributed by atoms with Crippen molar-refractivity contribution < 1.29 is 77.9 Å². The van der Waals surface area contributed by atoms with E-state index >= 15 is 4.39 Å². The molecule has 0 spiro atoms.